The largest absolute Gasteiger partial charge is 0.493 e. The maximum absolute atomic E-state index is 15.0. The van der Waals surface area contributed by atoms with E-state index in [1.807, 2.05) is 6.92 Å². The van der Waals surface area contributed by atoms with Gasteiger partial charge in [0.05, 0.1) is 24.1 Å². The minimum atomic E-state index is -0.952. The number of benzene rings is 2. The Morgan fingerprint density at radius 1 is 1.21 bits per heavy atom. The molecule has 1 saturated heterocycles. The number of nitrogens with zero attached hydrogens (tertiary/aromatic N) is 3. The molecule has 0 radical (unpaired) electrons. The lowest BCUT2D eigenvalue weighted by Gasteiger charge is -2.22. The Morgan fingerprint density at radius 3 is 2.85 bits per heavy atom. The molecule has 1 fully saturated rings. The summed E-state index contributed by atoms with van der Waals surface area (Å²) in [5.41, 5.74) is 2.04. The van der Waals surface area contributed by atoms with Gasteiger partial charge in [0.2, 0.25) is 5.88 Å². The van der Waals surface area contributed by atoms with Crippen molar-refractivity contribution in [3.05, 3.63) is 48.2 Å². The highest BCUT2D eigenvalue weighted by Crippen LogP contribution is 2.37. The van der Waals surface area contributed by atoms with E-state index < -0.39 is 11.9 Å². The number of nitrogens with one attached hydrogen (secondary N) is 1. The Bertz CT molecular complexity index is 1390. The fourth-order valence-electron chi connectivity index (χ4n) is 4.31. The molecule has 10 heteroatoms. The first-order valence-electron chi connectivity index (χ1n) is 10.9. The molecule has 0 spiro atoms. The summed E-state index contributed by atoms with van der Waals surface area (Å²) >= 11 is 0. The van der Waals surface area contributed by atoms with Crippen LogP contribution in [0.3, 0.4) is 0 Å². The zero-order valence-corrected chi connectivity index (χ0v) is 18.7. The van der Waals surface area contributed by atoms with Crippen LogP contribution in [0.4, 0.5) is 9.18 Å². The number of carboxylic acid groups (broad SMARTS) is 1. The minimum absolute atomic E-state index is 0.0424. The van der Waals surface area contributed by atoms with Crippen LogP contribution in [-0.4, -0.2) is 57.4 Å². The van der Waals surface area contributed by atoms with Gasteiger partial charge >= 0.3 is 6.09 Å². The number of amides is 1. The number of fused-ring (bicyclic) bond motifs is 2. The normalized spacial score (nSPS) is 15.7. The van der Waals surface area contributed by atoms with Crippen LogP contribution < -0.4 is 14.2 Å². The van der Waals surface area contributed by atoms with Gasteiger partial charge in [0.15, 0.2) is 23.1 Å². The van der Waals surface area contributed by atoms with Crippen molar-refractivity contribution in [3.63, 3.8) is 0 Å². The first kappa shape index (κ1) is 21.7. The molecule has 0 aliphatic carbocycles. The molecule has 1 aliphatic rings. The van der Waals surface area contributed by atoms with Crippen molar-refractivity contribution >= 4 is 27.9 Å². The van der Waals surface area contributed by atoms with Gasteiger partial charge in [0.25, 0.3) is 0 Å². The zero-order valence-electron chi connectivity index (χ0n) is 18.7. The molecule has 2 N–H and O–H groups in total. The van der Waals surface area contributed by atoms with Gasteiger partial charge < -0.3 is 29.2 Å². The highest BCUT2D eigenvalue weighted by molar-refractivity contribution is 5.87. The van der Waals surface area contributed by atoms with Gasteiger partial charge in [0, 0.05) is 29.2 Å². The number of methoxy groups -OCH3 is 1. The molecule has 1 aliphatic heterocycles. The van der Waals surface area contributed by atoms with Gasteiger partial charge in [-0.25, -0.2) is 19.2 Å². The monoisotopic (exact) mass is 466 g/mol. The molecule has 4 aromatic rings. The molecular weight excluding hydrogens is 443 g/mol. The Morgan fingerprint density at radius 2 is 2.06 bits per heavy atom. The van der Waals surface area contributed by atoms with E-state index in [0.717, 1.165) is 18.5 Å². The second-order valence-electron chi connectivity index (χ2n) is 8.18. The summed E-state index contributed by atoms with van der Waals surface area (Å²) in [4.78, 5) is 24.4. The third-order valence-corrected chi connectivity index (χ3v) is 5.98. The van der Waals surface area contributed by atoms with E-state index in [9.17, 15) is 9.90 Å². The molecule has 2 aromatic heterocycles. The quantitative estimate of drug-likeness (QED) is 0.417. The summed E-state index contributed by atoms with van der Waals surface area (Å²) in [6.07, 6.45) is 1.91. The van der Waals surface area contributed by atoms with Gasteiger partial charge in [-0.3, -0.25) is 0 Å². The van der Waals surface area contributed by atoms with Crippen molar-refractivity contribution in [1.82, 2.24) is 19.9 Å². The molecule has 1 amide bonds. The smallest absolute Gasteiger partial charge is 0.407 e. The van der Waals surface area contributed by atoms with Crippen LogP contribution in [0.2, 0.25) is 0 Å². The maximum atomic E-state index is 15.0. The standard InChI is InChI=1S/C24H23FN4O5/c1-13-8-15-17(28-13)5-6-19(22(15)25)34-23-16-9-20(32-2)21(10-18(16)26-12-27-23)33-11-14-4-3-7-29(14)24(30)31/h5-6,8-10,12,14,28H,3-4,7,11H2,1-2H3,(H,30,31)/t14-/m0/s1. The lowest BCUT2D eigenvalue weighted by atomic mass is 10.2. The highest BCUT2D eigenvalue weighted by Gasteiger charge is 2.29. The van der Waals surface area contributed by atoms with Crippen LogP contribution in [0.15, 0.2) is 36.7 Å². The third kappa shape index (κ3) is 3.91. The second kappa shape index (κ2) is 8.69. The number of aromatic amines is 1. The number of hydrogen-bond acceptors (Lipinski definition) is 6. The van der Waals surface area contributed by atoms with E-state index in [2.05, 4.69) is 15.0 Å². The predicted octanol–water partition coefficient (Wildman–Crippen LogP) is 4.88. The third-order valence-electron chi connectivity index (χ3n) is 5.98. The number of carbonyl (C=O) groups is 1. The summed E-state index contributed by atoms with van der Waals surface area (Å²) in [6, 6.07) is 8.14. The molecule has 0 unspecified atom stereocenters. The molecule has 2 aromatic carbocycles. The van der Waals surface area contributed by atoms with Crippen LogP contribution in [0.1, 0.15) is 18.5 Å². The number of halogens is 1. The van der Waals surface area contributed by atoms with Crippen LogP contribution in [0, 0.1) is 12.7 Å². The Balaban J connectivity index is 1.45. The first-order valence-corrected chi connectivity index (χ1v) is 10.9. The molecule has 34 heavy (non-hydrogen) atoms. The fraction of sp³-hybridized carbons (Fsp3) is 0.292. The number of aryl methyl sites for hydroxylation is 1. The molecule has 5 rings (SSSR count). The zero-order chi connectivity index (χ0) is 23.8. The van der Waals surface area contributed by atoms with Gasteiger partial charge in [-0.2, -0.15) is 0 Å². The van der Waals surface area contributed by atoms with E-state index in [-0.39, 0.29) is 24.3 Å². The van der Waals surface area contributed by atoms with E-state index in [1.165, 1.54) is 18.3 Å². The maximum Gasteiger partial charge on any atom is 0.407 e. The molecule has 176 valence electrons. The average Bonchev–Trinajstić information content (AvgIpc) is 3.45. The van der Waals surface area contributed by atoms with Gasteiger partial charge in [-0.1, -0.05) is 0 Å². The van der Waals surface area contributed by atoms with E-state index in [0.29, 0.717) is 39.8 Å². The van der Waals surface area contributed by atoms with Crippen molar-refractivity contribution in [1.29, 1.82) is 0 Å². The van der Waals surface area contributed by atoms with Crippen LogP contribution in [0.5, 0.6) is 23.1 Å². The van der Waals surface area contributed by atoms with Gasteiger partial charge in [-0.05, 0) is 44.0 Å². The van der Waals surface area contributed by atoms with Gasteiger partial charge in [0.1, 0.15) is 12.9 Å². The summed E-state index contributed by atoms with van der Waals surface area (Å²) < 4.78 is 32.3. The molecular formula is C24H23FN4O5. The van der Waals surface area contributed by atoms with Crippen molar-refractivity contribution in [2.24, 2.45) is 0 Å². The lowest BCUT2D eigenvalue weighted by molar-refractivity contribution is 0.122. The number of ether oxygens (including phenoxy) is 3. The Labute approximate surface area is 194 Å². The van der Waals surface area contributed by atoms with Crippen LogP contribution in [0.25, 0.3) is 21.8 Å². The van der Waals surface area contributed by atoms with E-state index in [4.69, 9.17) is 14.2 Å². The number of H-pyrrole nitrogens is 1. The number of hydrogen-bond donors (Lipinski definition) is 2. The van der Waals surface area contributed by atoms with Crippen LogP contribution in [-0.2, 0) is 0 Å². The Hall–Kier alpha value is -4.08. The van der Waals surface area contributed by atoms with Crippen LogP contribution >= 0.6 is 0 Å². The topological polar surface area (TPSA) is 110 Å². The van der Waals surface area contributed by atoms with Gasteiger partial charge in [-0.15, -0.1) is 0 Å². The first-order chi connectivity index (χ1) is 16.4. The SMILES string of the molecule is COc1cc2c(Oc3ccc4[nH]c(C)cc4c3F)ncnc2cc1OC[C@@H]1CCCN1C(=O)O. The summed E-state index contributed by atoms with van der Waals surface area (Å²) in [5.74, 6) is 0.561. The lowest BCUT2D eigenvalue weighted by Crippen LogP contribution is -2.38. The molecule has 0 bridgehead atoms. The van der Waals surface area contributed by atoms with Crippen molar-refractivity contribution < 1.29 is 28.5 Å². The summed E-state index contributed by atoms with van der Waals surface area (Å²) in [7, 11) is 1.50. The average molecular weight is 466 g/mol. The fourth-order valence-corrected chi connectivity index (χ4v) is 4.31. The van der Waals surface area contributed by atoms with Crippen molar-refractivity contribution in [2.75, 3.05) is 20.3 Å². The molecule has 1 atom stereocenters. The van der Waals surface area contributed by atoms with E-state index in [1.54, 1.807) is 30.3 Å². The summed E-state index contributed by atoms with van der Waals surface area (Å²) in [6.45, 7) is 2.55. The summed E-state index contributed by atoms with van der Waals surface area (Å²) in [5, 5.41) is 10.3. The Kier molecular flexibility index (Phi) is 5.56. The van der Waals surface area contributed by atoms with Crippen molar-refractivity contribution in [3.8, 4) is 23.1 Å². The second-order valence-corrected chi connectivity index (χ2v) is 8.18. The number of likely N-dealkylation sites (tertiary alicyclic amines) is 1. The molecule has 0 saturated carbocycles. The minimum Gasteiger partial charge on any atom is -0.493 e. The number of aromatic nitrogens is 3. The van der Waals surface area contributed by atoms with Crippen molar-refractivity contribution in [2.45, 2.75) is 25.8 Å². The van der Waals surface area contributed by atoms with E-state index >= 15 is 4.39 Å². The molecule has 3 heterocycles. The molecule has 9 nitrogen and oxygen atoms in total. The number of rotatable bonds is 6. The highest BCUT2D eigenvalue weighted by atomic mass is 19.1. The predicted molar refractivity (Wildman–Crippen MR) is 122 cm³/mol.